The number of aryl methyl sites for hydroxylation is 1. The minimum absolute atomic E-state index is 0.0133. The number of nitrogens with one attached hydrogen (secondary N) is 2. The van der Waals surface area contributed by atoms with Gasteiger partial charge < -0.3 is 39.4 Å². The van der Waals surface area contributed by atoms with E-state index in [1.165, 1.54) is 0 Å². The van der Waals surface area contributed by atoms with Gasteiger partial charge in [-0.05, 0) is 63.4 Å². The maximum absolute atomic E-state index is 13.5. The van der Waals surface area contributed by atoms with E-state index in [4.69, 9.17) is 23.7 Å². The smallest absolute Gasteiger partial charge is 0.408 e. The highest BCUT2D eigenvalue weighted by Gasteiger charge is 2.56. The second-order valence-electron chi connectivity index (χ2n) is 13.3. The third-order valence-corrected chi connectivity index (χ3v) is 10.5. The molecule has 13 nitrogen and oxygen atoms in total. The summed E-state index contributed by atoms with van der Waals surface area (Å²) in [6, 6.07) is 1.73. The van der Waals surface area contributed by atoms with Gasteiger partial charge in [0.15, 0.2) is 23.0 Å². The molecule has 5 aliphatic heterocycles. The average Bonchev–Trinajstić information content (AvgIpc) is 3.56. The van der Waals surface area contributed by atoms with Crippen molar-refractivity contribution in [1.29, 1.82) is 5.26 Å². The van der Waals surface area contributed by atoms with Gasteiger partial charge >= 0.3 is 6.09 Å². The second kappa shape index (κ2) is 12.5. The van der Waals surface area contributed by atoms with Gasteiger partial charge in [0.05, 0.1) is 25.3 Å². The Morgan fingerprint density at radius 3 is 2.61 bits per heavy atom. The first kappa shape index (κ1) is 32.6. The first-order valence-electron chi connectivity index (χ1n) is 16.5. The molecule has 0 spiro atoms. The van der Waals surface area contributed by atoms with Crippen LogP contribution in [0.4, 0.5) is 4.79 Å². The lowest BCUT2D eigenvalue weighted by Crippen LogP contribution is -2.69. The van der Waals surface area contributed by atoms with Crippen molar-refractivity contribution >= 4 is 12.0 Å². The van der Waals surface area contributed by atoms with E-state index in [1.807, 2.05) is 20.9 Å². The first-order valence-corrected chi connectivity index (χ1v) is 16.5. The number of aromatic hydroxyl groups is 1. The van der Waals surface area contributed by atoms with Crippen molar-refractivity contribution in [3.63, 3.8) is 0 Å². The topological polar surface area (TPSA) is 155 Å². The lowest BCUT2D eigenvalue weighted by Gasteiger charge is -2.60. The maximum atomic E-state index is 13.5. The molecule has 49 heavy (non-hydrogen) atoms. The van der Waals surface area contributed by atoms with Crippen molar-refractivity contribution in [3.05, 3.63) is 63.8 Å². The van der Waals surface area contributed by atoms with Gasteiger partial charge in [0.2, 0.25) is 12.7 Å². The number of rotatable bonds is 1. The number of amides is 2. The lowest BCUT2D eigenvalue weighted by molar-refractivity contribution is -0.123. The molecular formula is C36H41N5O8. The predicted octanol–water partition coefficient (Wildman–Crippen LogP) is 3.25. The maximum Gasteiger partial charge on any atom is 0.408 e. The molecule has 0 aromatic heterocycles. The number of hydrogen-bond donors (Lipinski definition) is 3. The van der Waals surface area contributed by atoms with Gasteiger partial charge in [-0.15, -0.1) is 0 Å². The fourth-order valence-corrected chi connectivity index (χ4v) is 8.41. The van der Waals surface area contributed by atoms with Gasteiger partial charge in [-0.1, -0.05) is 18.7 Å². The molecule has 6 atom stereocenters. The van der Waals surface area contributed by atoms with E-state index in [-0.39, 0.29) is 50.4 Å². The zero-order valence-electron chi connectivity index (χ0n) is 28.3. The van der Waals surface area contributed by atoms with E-state index >= 15 is 0 Å². The lowest BCUT2D eigenvalue weighted by atomic mass is 9.71. The fourth-order valence-electron chi connectivity index (χ4n) is 8.41. The van der Waals surface area contributed by atoms with E-state index in [0.29, 0.717) is 41.4 Å². The number of hydrogen-bond acceptors (Lipinski definition) is 11. The van der Waals surface area contributed by atoms with Crippen LogP contribution in [0.25, 0.3) is 0 Å². The summed E-state index contributed by atoms with van der Waals surface area (Å²) >= 11 is 0. The molecule has 3 N–H and O–H groups in total. The Labute approximate surface area is 285 Å². The summed E-state index contributed by atoms with van der Waals surface area (Å²) in [5, 5.41) is 28.3. The molecule has 0 radical (unpaired) electrons. The zero-order valence-corrected chi connectivity index (χ0v) is 28.3. The first-order chi connectivity index (χ1) is 23.5. The number of carbonyl (C=O) groups excluding carboxylic acids is 2. The molecule has 258 valence electrons. The van der Waals surface area contributed by atoms with Gasteiger partial charge in [-0.2, -0.15) is 5.26 Å². The van der Waals surface area contributed by atoms with Gasteiger partial charge in [-0.3, -0.25) is 14.6 Å². The van der Waals surface area contributed by atoms with Gasteiger partial charge in [-0.25, -0.2) is 4.79 Å². The van der Waals surface area contributed by atoms with Crippen LogP contribution in [-0.4, -0.2) is 91.8 Å². The molecule has 2 amide bonds. The number of fused-ring (bicyclic) bond motifs is 8. The fraction of sp³-hybridized carbons (Fsp3) is 0.472. The molecule has 6 bridgehead atoms. The number of nitriles is 1. The number of phenols is 1. The number of ether oxygens (including phenoxy) is 5. The van der Waals surface area contributed by atoms with E-state index in [1.54, 1.807) is 26.2 Å². The average molecular weight is 672 g/mol. The summed E-state index contributed by atoms with van der Waals surface area (Å²) in [4.78, 5) is 30.3. The van der Waals surface area contributed by atoms with Crippen LogP contribution < -0.4 is 29.6 Å². The van der Waals surface area contributed by atoms with Crippen molar-refractivity contribution in [2.45, 2.75) is 69.9 Å². The molecule has 2 aromatic carbocycles. The van der Waals surface area contributed by atoms with Crippen LogP contribution in [0.5, 0.6) is 28.7 Å². The Bertz CT molecular complexity index is 1820. The molecule has 7 rings (SSSR count). The monoisotopic (exact) mass is 671 g/mol. The van der Waals surface area contributed by atoms with Crippen LogP contribution in [0.1, 0.15) is 52.4 Å². The summed E-state index contributed by atoms with van der Waals surface area (Å²) in [5.74, 6) is 1.84. The van der Waals surface area contributed by atoms with Crippen molar-refractivity contribution < 1.29 is 38.4 Å². The molecule has 5 heterocycles. The van der Waals surface area contributed by atoms with E-state index < -0.39 is 30.1 Å². The predicted molar refractivity (Wildman–Crippen MR) is 177 cm³/mol. The van der Waals surface area contributed by atoms with E-state index in [2.05, 4.69) is 39.1 Å². The highest BCUT2D eigenvalue weighted by atomic mass is 16.7. The largest absolute Gasteiger partial charge is 0.504 e. The molecule has 5 aliphatic rings. The molecule has 13 heteroatoms. The Morgan fingerprint density at radius 1 is 1.08 bits per heavy atom. The highest BCUT2D eigenvalue weighted by Crippen LogP contribution is 2.58. The molecule has 1 saturated heterocycles. The molecule has 0 aliphatic carbocycles. The Morgan fingerprint density at radius 2 is 1.86 bits per heavy atom. The van der Waals surface area contributed by atoms with Crippen molar-refractivity contribution in [3.8, 4) is 34.8 Å². The number of nitrogens with zero attached hydrogens (tertiary/aromatic N) is 3. The van der Waals surface area contributed by atoms with Gasteiger partial charge in [0.1, 0.15) is 31.0 Å². The summed E-state index contributed by atoms with van der Waals surface area (Å²) in [6.45, 7) is 9.78. The van der Waals surface area contributed by atoms with E-state index in [9.17, 15) is 20.0 Å². The second-order valence-corrected chi connectivity index (χ2v) is 13.3. The summed E-state index contributed by atoms with van der Waals surface area (Å²) in [5.41, 5.74) is 5.66. The normalized spacial score (nSPS) is 28.8. The minimum Gasteiger partial charge on any atom is -0.504 e. The molecule has 1 unspecified atom stereocenters. The van der Waals surface area contributed by atoms with Crippen LogP contribution in [0.2, 0.25) is 0 Å². The highest BCUT2D eigenvalue weighted by molar-refractivity contribution is 5.85. The zero-order chi connectivity index (χ0) is 34.7. The Kier molecular flexibility index (Phi) is 8.32. The number of alkyl carbamates (subject to hydrolysis) is 1. The SMILES string of the molecule is C=C1/C=C\COC(=O)N[C@@H](C)C(=O)NCC2c3c(c(c(C)c4c3OCO4)OC1)C[C@H]1[C@H]3c4c(cc(C)c(OC)c4O)C[C@@H]([C@H](C#N)N21)N3C. The quantitative estimate of drug-likeness (QED) is 0.409. The number of phenolic OH excluding ortho intramolecular Hbond substituents is 1. The summed E-state index contributed by atoms with van der Waals surface area (Å²) in [6.07, 6.45) is 3.64. The molecule has 2 aromatic rings. The third kappa shape index (κ3) is 5.21. The standard InChI is InChI=1S/C36H41N5O8/c1-17-8-7-9-46-36(44)39-20(4)35(43)38-14-26-28-22(32(47-15-17)19(3)33-34(28)49-16-48-33)12-24-29-27-21(10-18(2)31(45-6)30(27)42)11-23(40(29)5)25(13-37)41(24)26/h7-8,10,20,23-26,29,42H,1,9,11-12,14-16H2,2-6H3,(H,38,43)(H,39,44)/b8-7-/t20-,23-,24-,25-,26?,29-/m0/s1. The number of benzene rings is 2. The number of cyclic esters (lactones) is 1. The molecule has 1 fully saturated rings. The Hall–Kier alpha value is -4.93. The van der Waals surface area contributed by atoms with Crippen LogP contribution in [0, 0.1) is 25.2 Å². The summed E-state index contributed by atoms with van der Waals surface area (Å²) in [7, 11) is 3.55. The molecule has 0 saturated carbocycles. The van der Waals surface area contributed by atoms with Crippen LogP contribution in [0.15, 0.2) is 30.4 Å². The van der Waals surface area contributed by atoms with Crippen LogP contribution in [0.3, 0.4) is 0 Å². The number of carbonyl (C=O) groups is 2. The van der Waals surface area contributed by atoms with Crippen LogP contribution >= 0.6 is 0 Å². The van der Waals surface area contributed by atoms with Crippen LogP contribution in [-0.2, 0) is 22.4 Å². The minimum atomic E-state index is -0.902. The Balaban J connectivity index is 1.44. The number of likely N-dealkylation sites (N-methyl/N-ethyl adjacent to an activating group) is 1. The van der Waals surface area contributed by atoms with E-state index in [0.717, 1.165) is 33.4 Å². The summed E-state index contributed by atoms with van der Waals surface area (Å²) < 4.78 is 29.6. The van der Waals surface area contributed by atoms with Crippen molar-refractivity contribution in [2.75, 3.05) is 40.7 Å². The van der Waals surface area contributed by atoms with Crippen molar-refractivity contribution in [2.24, 2.45) is 0 Å². The third-order valence-electron chi connectivity index (χ3n) is 10.5. The van der Waals surface area contributed by atoms with Gasteiger partial charge in [0.25, 0.3) is 0 Å². The molecular weight excluding hydrogens is 630 g/mol. The number of methoxy groups -OCH3 is 1. The van der Waals surface area contributed by atoms with Crippen molar-refractivity contribution in [1.82, 2.24) is 20.4 Å². The van der Waals surface area contributed by atoms with Gasteiger partial charge in [0, 0.05) is 40.9 Å². The number of piperazine rings is 1.